The molecule has 0 saturated heterocycles. The van der Waals surface area contributed by atoms with Crippen LogP contribution < -0.4 is 4.74 Å². The van der Waals surface area contributed by atoms with Crippen molar-refractivity contribution in [2.45, 2.75) is 0 Å². The van der Waals surface area contributed by atoms with E-state index in [1.807, 2.05) is 18.2 Å². The van der Waals surface area contributed by atoms with Gasteiger partial charge in [0.25, 0.3) is 0 Å². The molecule has 0 heterocycles. The number of terminal acetylenes is 1. The van der Waals surface area contributed by atoms with Gasteiger partial charge in [-0.05, 0) is 22.2 Å². The van der Waals surface area contributed by atoms with Gasteiger partial charge in [0, 0.05) is 5.39 Å². The SMILES string of the molecule is C#CCOc1cc2ccccc2c2ccccc12. The van der Waals surface area contributed by atoms with Crippen molar-refractivity contribution in [3.63, 3.8) is 0 Å². The Hall–Kier alpha value is -2.46. The van der Waals surface area contributed by atoms with Crippen LogP contribution in [0, 0.1) is 12.3 Å². The van der Waals surface area contributed by atoms with Gasteiger partial charge in [0.15, 0.2) is 0 Å². The summed E-state index contributed by atoms with van der Waals surface area (Å²) < 4.78 is 5.64. The van der Waals surface area contributed by atoms with Crippen LogP contribution in [-0.4, -0.2) is 6.61 Å². The zero-order chi connectivity index (χ0) is 12.4. The monoisotopic (exact) mass is 232 g/mol. The van der Waals surface area contributed by atoms with E-state index in [0.29, 0.717) is 6.61 Å². The molecule has 0 aliphatic rings. The second-order valence-electron chi connectivity index (χ2n) is 4.13. The van der Waals surface area contributed by atoms with Crippen LogP contribution in [0.1, 0.15) is 0 Å². The summed E-state index contributed by atoms with van der Waals surface area (Å²) in [6.07, 6.45) is 5.26. The Morgan fingerprint density at radius 1 is 0.889 bits per heavy atom. The molecule has 0 aliphatic carbocycles. The van der Waals surface area contributed by atoms with Crippen LogP contribution in [0.15, 0.2) is 54.6 Å². The van der Waals surface area contributed by atoms with Gasteiger partial charge in [-0.2, -0.15) is 0 Å². The molecule has 3 rings (SSSR count). The van der Waals surface area contributed by atoms with Gasteiger partial charge < -0.3 is 4.74 Å². The predicted molar refractivity (Wildman–Crippen MR) is 75.8 cm³/mol. The van der Waals surface area contributed by atoms with Crippen molar-refractivity contribution >= 4 is 21.5 Å². The molecule has 0 aliphatic heterocycles. The van der Waals surface area contributed by atoms with Crippen molar-refractivity contribution < 1.29 is 4.74 Å². The first-order valence-electron chi connectivity index (χ1n) is 5.87. The number of benzene rings is 3. The quantitative estimate of drug-likeness (QED) is 0.479. The second kappa shape index (κ2) is 4.43. The molecule has 18 heavy (non-hydrogen) atoms. The molecular weight excluding hydrogens is 220 g/mol. The Bertz CT molecular complexity index is 750. The van der Waals surface area contributed by atoms with Crippen molar-refractivity contribution in [1.29, 1.82) is 0 Å². The van der Waals surface area contributed by atoms with Crippen molar-refractivity contribution in [3.8, 4) is 18.1 Å². The molecule has 0 fully saturated rings. The maximum Gasteiger partial charge on any atom is 0.148 e. The van der Waals surface area contributed by atoms with E-state index < -0.39 is 0 Å². The van der Waals surface area contributed by atoms with E-state index in [4.69, 9.17) is 11.2 Å². The van der Waals surface area contributed by atoms with E-state index in [2.05, 4.69) is 42.3 Å². The molecule has 0 aromatic heterocycles. The second-order valence-corrected chi connectivity index (χ2v) is 4.13. The van der Waals surface area contributed by atoms with Gasteiger partial charge in [-0.15, -0.1) is 6.42 Å². The number of ether oxygens (including phenoxy) is 1. The zero-order valence-corrected chi connectivity index (χ0v) is 9.89. The van der Waals surface area contributed by atoms with Crippen molar-refractivity contribution in [2.24, 2.45) is 0 Å². The molecular formula is C17H12O. The molecule has 0 radical (unpaired) electrons. The lowest BCUT2D eigenvalue weighted by molar-refractivity contribution is 0.375. The summed E-state index contributed by atoms with van der Waals surface area (Å²) in [6.45, 7) is 0.294. The van der Waals surface area contributed by atoms with Gasteiger partial charge >= 0.3 is 0 Å². The van der Waals surface area contributed by atoms with Crippen LogP contribution in [0.2, 0.25) is 0 Å². The molecule has 3 aromatic rings. The largest absolute Gasteiger partial charge is 0.480 e. The fraction of sp³-hybridized carbons (Fsp3) is 0.0588. The minimum absolute atomic E-state index is 0.294. The fourth-order valence-electron chi connectivity index (χ4n) is 2.26. The van der Waals surface area contributed by atoms with E-state index in [1.54, 1.807) is 0 Å². The van der Waals surface area contributed by atoms with Crippen LogP contribution in [0.3, 0.4) is 0 Å². The van der Waals surface area contributed by atoms with Gasteiger partial charge in [-0.3, -0.25) is 0 Å². The summed E-state index contributed by atoms with van der Waals surface area (Å²) in [4.78, 5) is 0. The lowest BCUT2D eigenvalue weighted by Gasteiger charge is -2.10. The van der Waals surface area contributed by atoms with Gasteiger partial charge in [0.05, 0.1) is 0 Å². The van der Waals surface area contributed by atoms with Crippen LogP contribution in [0.4, 0.5) is 0 Å². The predicted octanol–water partition coefficient (Wildman–Crippen LogP) is 4.01. The number of fused-ring (bicyclic) bond motifs is 3. The minimum Gasteiger partial charge on any atom is -0.480 e. The highest BCUT2D eigenvalue weighted by Gasteiger charge is 2.06. The first-order valence-corrected chi connectivity index (χ1v) is 5.87. The van der Waals surface area contributed by atoms with Crippen molar-refractivity contribution in [3.05, 3.63) is 54.6 Å². The molecule has 0 atom stereocenters. The van der Waals surface area contributed by atoms with Gasteiger partial charge in [-0.1, -0.05) is 54.5 Å². The Kier molecular flexibility index (Phi) is 2.63. The number of rotatable bonds is 2. The van der Waals surface area contributed by atoms with E-state index in [1.165, 1.54) is 16.2 Å². The molecule has 86 valence electrons. The summed E-state index contributed by atoms with van der Waals surface area (Å²) in [5.74, 6) is 3.36. The molecule has 0 bridgehead atoms. The first kappa shape index (κ1) is 10.7. The van der Waals surface area contributed by atoms with E-state index in [0.717, 1.165) is 11.1 Å². The zero-order valence-electron chi connectivity index (χ0n) is 9.89. The summed E-state index contributed by atoms with van der Waals surface area (Å²) in [5.41, 5.74) is 0. The van der Waals surface area contributed by atoms with Gasteiger partial charge in [0.2, 0.25) is 0 Å². The van der Waals surface area contributed by atoms with Crippen molar-refractivity contribution in [1.82, 2.24) is 0 Å². The van der Waals surface area contributed by atoms with E-state index in [-0.39, 0.29) is 0 Å². The third-order valence-corrected chi connectivity index (χ3v) is 3.04. The van der Waals surface area contributed by atoms with Crippen LogP contribution in [0.5, 0.6) is 5.75 Å². The number of hydrogen-bond acceptors (Lipinski definition) is 1. The highest BCUT2D eigenvalue weighted by molar-refractivity contribution is 6.10. The highest BCUT2D eigenvalue weighted by Crippen LogP contribution is 2.33. The smallest absolute Gasteiger partial charge is 0.148 e. The highest BCUT2D eigenvalue weighted by atomic mass is 16.5. The van der Waals surface area contributed by atoms with E-state index in [9.17, 15) is 0 Å². The third-order valence-electron chi connectivity index (χ3n) is 3.04. The Morgan fingerprint density at radius 2 is 1.56 bits per heavy atom. The molecule has 1 heteroatoms. The summed E-state index contributed by atoms with van der Waals surface area (Å²) in [5, 5.41) is 4.71. The molecule has 0 N–H and O–H groups in total. The Morgan fingerprint density at radius 3 is 2.33 bits per heavy atom. The third kappa shape index (κ3) is 1.69. The maximum atomic E-state index is 5.64. The maximum absolute atomic E-state index is 5.64. The van der Waals surface area contributed by atoms with Crippen LogP contribution in [-0.2, 0) is 0 Å². The first-order chi connectivity index (χ1) is 8.90. The standard InChI is InChI=1S/C17H12O/c1-2-11-18-17-12-13-7-3-4-8-14(13)15-9-5-6-10-16(15)17/h1,3-10,12H,11H2. The van der Waals surface area contributed by atoms with Crippen LogP contribution in [0.25, 0.3) is 21.5 Å². The summed E-state index contributed by atoms with van der Waals surface area (Å²) >= 11 is 0. The average Bonchev–Trinajstić information content (AvgIpc) is 2.45. The topological polar surface area (TPSA) is 9.23 Å². The molecule has 1 nitrogen and oxygen atoms in total. The molecule has 0 saturated carbocycles. The summed E-state index contributed by atoms with van der Waals surface area (Å²) in [7, 11) is 0. The van der Waals surface area contributed by atoms with Crippen molar-refractivity contribution in [2.75, 3.05) is 6.61 Å². The number of hydrogen-bond donors (Lipinski definition) is 0. The lowest BCUT2D eigenvalue weighted by Crippen LogP contribution is -1.94. The normalized spacial score (nSPS) is 10.4. The van der Waals surface area contributed by atoms with Crippen LogP contribution >= 0.6 is 0 Å². The summed E-state index contributed by atoms with van der Waals surface area (Å²) in [6, 6.07) is 18.6. The average molecular weight is 232 g/mol. The molecule has 0 spiro atoms. The lowest BCUT2D eigenvalue weighted by atomic mass is 10.0. The van der Waals surface area contributed by atoms with Gasteiger partial charge in [-0.25, -0.2) is 0 Å². The Balaban J connectivity index is 2.36. The van der Waals surface area contributed by atoms with E-state index >= 15 is 0 Å². The van der Waals surface area contributed by atoms with Gasteiger partial charge in [0.1, 0.15) is 12.4 Å². The Labute approximate surface area is 106 Å². The molecule has 0 amide bonds. The fourth-order valence-corrected chi connectivity index (χ4v) is 2.26. The molecule has 0 unspecified atom stereocenters. The minimum atomic E-state index is 0.294. The molecule has 3 aromatic carbocycles.